The second kappa shape index (κ2) is 6.53. The van der Waals surface area contributed by atoms with Gasteiger partial charge in [0, 0.05) is 5.56 Å². The first-order chi connectivity index (χ1) is 8.86. The minimum absolute atomic E-state index is 0.388. The number of hydrogen-bond acceptors (Lipinski definition) is 3. The van der Waals surface area contributed by atoms with Crippen molar-refractivity contribution in [3.8, 4) is 0 Å². The van der Waals surface area contributed by atoms with Crippen LogP contribution in [-0.4, -0.2) is 14.6 Å². The van der Waals surface area contributed by atoms with Crippen LogP contribution in [-0.2, 0) is 11.0 Å². The van der Waals surface area contributed by atoms with Gasteiger partial charge in [0.15, 0.2) is 12.0 Å². The Morgan fingerprint density at radius 1 is 1.16 bits per heavy atom. The molecule has 0 aliphatic rings. The van der Waals surface area contributed by atoms with Crippen LogP contribution in [0.1, 0.15) is 57.7 Å². The maximum Gasteiger partial charge on any atom is 0.200 e. The van der Waals surface area contributed by atoms with Gasteiger partial charge in [-0.3, -0.25) is 4.79 Å². The van der Waals surface area contributed by atoms with Crippen LogP contribution >= 0.6 is 0 Å². The number of hydrogen-bond donors (Lipinski definition) is 0. The molecule has 0 N–H and O–H groups in total. The molecule has 0 amide bonds. The van der Waals surface area contributed by atoms with E-state index >= 15 is 0 Å². The van der Waals surface area contributed by atoms with E-state index in [1.165, 1.54) is 0 Å². The quantitative estimate of drug-likeness (QED) is 0.533. The molecule has 0 atom stereocenters. The first kappa shape index (κ1) is 16.2. The zero-order chi connectivity index (χ0) is 14.6. The summed E-state index contributed by atoms with van der Waals surface area (Å²) in [5, 5.41) is 0. The molecule has 4 heteroatoms. The van der Waals surface area contributed by atoms with E-state index in [1.807, 2.05) is 6.07 Å². The molecule has 1 aromatic rings. The zero-order valence-electron chi connectivity index (χ0n) is 12.9. The van der Waals surface area contributed by atoms with Crippen LogP contribution < -0.4 is 0 Å². The van der Waals surface area contributed by atoms with E-state index in [0.717, 1.165) is 11.8 Å². The van der Waals surface area contributed by atoms with Crippen molar-refractivity contribution in [2.24, 2.45) is 0 Å². The lowest BCUT2D eigenvalue weighted by molar-refractivity contribution is 0.109. The highest BCUT2D eigenvalue weighted by Crippen LogP contribution is 2.42. The second-order valence-electron chi connectivity index (χ2n) is 6.03. The van der Waals surface area contributed by atoms with Crippen molar-refractivity contribution < 1.29 is 13.6 Å². The Balaban J connectivity index is 2.93. The fourth-order valence-corrected chi connectivity index (χ4v) is 8.68. The largest absolute Gasteiger partial charge is 0.461 e. The number of carbonyl (C=O) groups is 1. The van der Waals surface area contributed by atoms with E-state index in [-0.39, 0.29) is 0 Å². The normalized spacial score (nSPS) is 12.7. The summed E-state index contributed by atoms with van der Waals surface area (Å²) < 4.78 is 11.5. The molecule has 0 saturated carbocycles. The molecule has 0 radical (unpaired) electrons. The molecule has 0 aromatic carbocycles. The number of rotatable bonds is 7. The summed E-state index contributed by atoms with van der Waals surface area (Å²) in [4.78, 5) is 10.9. The molecule has 1 aromatic heterocycles. The lowest BCUT2D eigenvalue weighted by Gasteiger charge is -2.42. The summed E-state index contributed by atoms with van der Waals surface area (Å²) in [6, 6.07) is 1.82. The van der Waals surface area contributed by atoms with Gasteiger partial charge < -0.3 is 8.84 Å². The zero-order valence-corrected chi connectivity index (χ0v) is 13.9. The van der Waals surface area contributed by atoms with Crippen molar-refractivity contribution >= 4 is 14.6 Å². The molecule has 1 rings (SSSR count). The maximum absolute atomic E-state index is 10.9. The highest BCUT2D eigenvalue weighted by Gasteiger charge is 2.45. The summed E-state index contributed by atoms with van der Waals surface area (Å²) in [6.45, 7) is 14.0. The van der Waals surface area contributed by atoms with Gasteiger partial charge in [-0.1, -0.05) is 41.5 Å². The van der Waals surface area contributed by atoms with Gasteiger partial charge in [-0.25, -0.2) is 0 Å². The Kier molecular flexibility index (Phi) is 5.56. The fraction of sp³-hybridized carbons (Fsp3) is 0.667. The van der Waals surface area contributed by atoms with Crippen LogP contribution in [0, 0.1) is 0 Å². The van der Waals surface area contributed by atoms with Crippen LogP contribution in [0.3, 0.4) is 0 Å². The monoisotopic (exact) mass is 282 g/mol. The Bertz CT molecular complexity index is 386. The molecule has 0 spiro atoms. The topological polar surface area (TPSA) is 39.4 Å². The van der Waals surface area contributed by atoms with Gasteiger partial charge in [0.2, 0.25) is 8.32 Å². The van der Waals surface area contributed by atoms with Crippen LogP contribution in [0.4, 0.5) is 0 Å². The molecular formula is C15H26O3Si. The van der Waals surface area contributed by atoms with Gasteiger partial charge in [-0.15, -0.1) is 0 Å². The molecular weight excluding hydrogens is 256 g/mol. The molecule has 108 valence electrons. The molecule has 0 aliphatic heterocycles. The Morgan fingerprint density at radius 2 is 1.68 bits per heavy atom. The van der Waals surface area contributed by atoms with Crippen LogP contribution in [0.5, 0.6) is 0 Å². The molecule has 1 heterocycles. The van der Waals surface area contributed by atoms with Crippen LogP contribution in [0.15, 0.2) is 16.7 Å². The Morgan fingerprint density at radius 3 is 2.11 bits per heavy atom. The molecule has 0 unspecified atom stereocenters. The van der Waals surface area contributed by atoms with E-state index in [0.29, 0.717) is 29.0 Å². The minimum atomic E-state index is -1.88. The number of carbonyl (C=O) groups excluding carboxylic acids is 1. The summed E-state index contributed by atoms with van der Waals surface area (Å²) in [5.74, 6) is 0.388. The average molecular weight is 282 g/mol. The highest BCUT2D eigenvalue weighted by atomic mass is 28.4. The predicted octanol–water partition coefficient (Wildman–Crippen LogP) is 4.78. The smallest absolute Gasteiger partial charge is 0.200 e. The van der Waals surface area contributed by atoms with Gasteiger partial charge in [-0.2, -0.15) is 0 Å². The van der Waals surface area contributed by atoms with Gasteiger partial charge in [0.25, 0.3) is 0 Å². The molecule has 0 bridgehead atoms. The molecule has 19 heavy (non-hydrogen) atoms. The summed E-state index contributed by atoms with van der Waals surface area (Å²) in [7, 11) is -1.88. The van der Waals surface area contributed by atoms with E-state index in [2.05, 4.69) is 41.5 Å². The third-order valence-electron chi connectivity index (χ3n) is 4.07. The average Bonchev–Trinajstić information content (AvgIpc) is 2.75. The van der Waals surface area contributed by atoms with Gasteiger partial charge in [-0.05, 0) is 22.7 Å². The second-order valence-corrected chi connectivity index (χ2v) is 11.5. The Hall–Kier alpha value is -0.873. The van der Waals surface area contributed by atoms with Crippen molar-refractivity contribution in [1.82, 2.24) is 0 Å². The van der Waals surface area contributed by atoms with E-state index in [4.69, 9.17) is 8.84 Å². The molecule has 3 nitrogen and oxygen atoms in total. The van der Waals surface area contributed by atoms with Crippen molar-refractivity contribution in [1.29, 1.82) is 0 Å². The summed E-state index contributed by atoms with van der Waals surface area (Å²) in [6.07, 6.45) is 2.30. The molecule has 0 saturated heterocycles. The Labute approximate surface area is 117 Å². The number of furan rings is 1. The first-order valence-electron chi connectivity index (χ1n) is 7.01. The maximum atomic E-state index is 10.9. The van der Waals surface area contributed by atoms with E-state index < -0.39 is 8.32 Å². The first-order valence-corrected chi connectivity index (χ1v) is 9.15. The van der Waals surface area contributed by atoms with Crippen molar-refractivity contribution in [3.63, 3.8) is 0 Å². The molecule has 0 aliphatic carbocycles. The van der Waals surface area contributed by atoms with E-state index in [9.17, 15) is 4.79 Å². The summed E-state index contributed by atoms with van der Waals surface area (Å²) >= 11 is 0. The third kappa shape index (κ3) is 3.18. The van der Waals surface area contributed by atoms with Crippen molar-refractivity contribution in [2.75, 3.05) is 0 Å². The molecule has 0 fully saturated rings. The van der Waals surface area contributed by atoms with Gasteiger partial charge in [0.05, 0.1) is 12.9 Å². The summed E-state index contributed by atoms with van der Waals surface area (Å²) in [5.41, 5.74) is 2.48. The van der Waals surface area contributed by atoms with Crippen LogP contribution in [0.2, 0.25) is 16.6 Å². The van der Waals surface area contributed by atoms with Crippen LogP contribution in [0.25, 0.3) is 0 Å². The lowest BCUT2D eigenvalue weighted by atomic mass is 10.3. The van der Waals surface area contributed by atoms with Gasteiger partial charge in [0.1, 0.15) is 0 Å². The third-order valence-corrected chi connectivity index (χ3v) is 10.1. The number of aldehydes is 1. The highest BCUT2D eigenvalue weighted by molar-refractivity contribution is 6.77. The van der Waals surface area contributed by atoms with E-state index in [1.54, 1.807) is 6.26 Å². The lowest BCUT2D eigenvalue weighted by Crippen LogP contribution is -2.47. The van der Waals surface area contributed by atoms with Crippen molar-refractivity contribution in [3.05, 3.63) is 23.7 Å². The van der Waals surface area contributed by atoms with Crippen molar-refractivity contribution in [2.45, 2.75) is 64.8 Å². The standard InChI is InChI=1S/C15H26O3Si/c1-11(2)19(12(3)4,13(5)6)18-10-14-7-8-17-15(14)9-16/h7-9,11-13H,10H2,1-6H3. The SMILES string of the molecule is CC(C)[Si](OCc1ccoc1C=O)(C(C)C)C(C)C. The predicted molar refractivity (Wildman–Crippen MR) is 79.9 cm³/mol. The fourth-order valence-electron chi connectivity index (χ4n) is 3.27. The minimum Gasteiger partial charge on any atom is -0.461 e. The van der Waals surface area contributed by atoms with Gasteiger partial charge >= 0.3 is 0 Å².